The predicted molar refractivity (Wildman–Crippen MR) is 65.2 cm³/mol. The van der Waals surface area contributed by atoms with Crippen molar-refractivity contribution in [1.29, 1.82) is 0 Å². The number of carboxylic acids is 1. The fraction of sp³-hybridized carbons (Fsp3) is 0.417. The molecule has 1 aromatic carbocycles. The maximum atomic E-state index is 11.6. The third-order valence-corrected chi connectivity index (χ3v) is 3.52. The molecule has 0 atom stereocenters. The topological polar surface area (TPSA) is 72.6 Å². The number of nitrogens with two attached hydrogens (primary N) is 1. The first-order valence-corrected chi connectivity index (χ1v) is 5.81. The highest BCUT2D eigenvalue weighted by Crippen LogP contribution is 2.39. The minimum absolute atomic E-state index is 0.423. The molecule has 0 radical (unpaired) electrons. The van der Waals surface area contributed by atoms with Crippen molar-refractivity contribution in [1.82, 2.24) is 0 Å². The van der Waals surface area contributed by atoms with Gasteiger partial charge in [-0.3, -0.25) is 4.79 Å². The summed E-state index contributed by atoms with van der Waals surface area (Å²) in [5.74, 6) is -0.866. The largest absolute Gasteiger partial charge is 0.481 e. The summed E-state index contributed by atoms with van der Waals surface area (Å²) in [7, 11) is 0. The summed E-state index contributed by atoms with van der Waals surface area (Å²) in [6.45, 7) is 0.858. The number of hydrogen-bond donors (Lipinski definition) is 2. The van der Waals surface area contributed by atoms with E-state index in [0.717, 1.165) is 0 Å². The number of benzene rings is 1. The van der Waals surface area contributed by atoms with Crippen LogP contribution in [0.4, 0.5) is 5.69 Å². The zero-order chi connectivity index (χ0) is 12.5. The molecule has 3 N–H and O–H groups in total. The Morgan fingerprint density at radius 3 is 2.65 bits per heavy atom. The quantitative estimate of drug-likeness (QED) is 0.794. The first kappa shape index (κ1) is 12.2. The van der Waals surface area contributed by atoms with Gasteiger partial charge in [0, 0.05) is 23.9 Å². The second-order valence-electron chi connectivity index (χ2n) is 4.23. The first-order chi connectivity index (χ1) is 8.06. The Bertz CT molecular complexity index is 441. The Hall–Kier alpha value is -1.26. The van der Waals surface area contributed by atoms with E-state index in [1.807, 2.05) is 0 Å². The summed E-state index contributed by atoms with van der Waals surface area (Å²) in [6.07, 6.45) is 0.847. The predicted octanol–water partition coefficient (Wildman–Crippen LogP) is 2.06. The van der Waals surface area contributed by atoms with E-state index in [0.29, 0.717) is 42.3 Å². The number of nitrogen functional groups attached to an aromatic ring is 1. The third-order valence-electron chi connectivity index (χ3n) is 3.29. The van der Waals surface area contributed by atoms with Crippen molar-refractivity contribution >= 4 is 23.3 Å². The van der Waals surface area contributed by atoms with Crippen molar-refractivity contribution in [3.8, 4) is 0 Å². The molecule has 1 aliphatic heterocycles. The Balaban J connectivity index is 2.52. The van der Waals surface area contributed by atoms with Gasteiger partial charge in [-0.15, -0.1) is 0 Å². The van der Waals surface area contributed by atoms with E-state index in [9.17, 15) is 9.90 Å². The summed E-state index contributed by atoms with van der Waals surface area (Å²) in [5, 5.41) is 10.0. The molecule has 0 aliphatic carbocycles. The lowest BCUT2D eigenvalue weighted by molar-refractivity contribution is -0.147. The Labute approximate surface area is 104 Å². The van der Waals surface area contributed by atoms with Crippen LogP contribution in [0, 0.1) is 0 Å². The number of carbonyl (C=O) groups is 1. The molecule has 1 heterocycles. The normalized spacial score (nSPS) is 18.9. The van der Waals surface area contributed by atoms with Crippen LogP contribution in [-0.4, -0.2) is 24.3 Å². The van der Waals surface area contributed by atoms with Crippen molar-refractivity contribution in [3.05, 3.63) is 28.8 Å². The molecular formula is C12H14ClNO3. The van der Waals surface area contributed by atoms with Gasteiger partial charge in [0.1, 0.15) is 0 Å². The number of carboxylic acid groups (broad SMARTS) is 1. The Morgan fingerprint density at radius 2 is 2.06 bits per heavy atom. The van der Waals surface area contributed by atoms with E-state index in [2.05, 4.69) is 0 Å². The summed E-state index contributed by atoms with van der Waals surface area (Å²) < 4.78 is 5.23. The van der Waals surface area contributed by atoms with Crippen molar-refractivity contribution in [2.75, 3.05) is 18.9 Å². The molecular weight excluding hydrogens is 242 g/mol. The molecule has 0 spiro atoms. The highest BCUT2D eigenvalue weighted by atomic mass is 35.5. The minimum Gasteiger partial charge on any atom is -0.481 e. The molecule has 5 heteroatoms. The Kier molecular flexibility index (Phi) is 3.26. The molecule has 1 fully saturated rings. The average molecular weight is 256 g/mol. The lowest BCUT2D eigenvalue weighted by atomic mass is 9.73. The fourth-order valence-corrected chi connectivity index (χ4v) is 2.43. The second kappa shape index (κ2) is 4.55. The molecule has 0 saturated carbocycles. The van der Waals surface area contributed by atoms with Gasteiger partial charge in [0.25, 0.3) is 0 Å². The zero-order valence-corrected chi connectivity index (χ0v) is 10.0. The molecule has 1 aromatic rings. The van der Waals surface area contributed by atoms with Crippen LogP contribution in [0.15, 0.2) is 18.2 Å². The van der Waals surface area contributed by atoms with Crippen LogP contribution < -0.4 is 5.73 Å². The number of rotatable bonds is 2. The van der Waals surface area contributed by atoms with E-state index in [1.165, 1.54) is 0 Å². The van der Waals surface area contributed by atoms with E-state index in [1.54, 1.807) is 18.2 Å². The third kappa shape index (κ3) is 2.10. The molecule has 4 nitrogen and oxygen atoms in total. The van der Waals surface area contributed by atoms with Gasteiger partial charge in [-0.25, -0.2) is 0 Å². The number of halogens is 1. The van der Waals surface area contributed by atoms with Crippen LogP contribution in [0.25, 0.3) is 0 Å². The van der Waals surface area contributed by atoms with Gasteiger partial charge in [-0.2, -0.15) is 0 Å². The maximum Gasteiger partial charge on any atom is 0.314 e. The lowest BCUT2D eigenvalue weighted by Gasteiger charge is -2.34. The van der Waals surface area contributed by atoms with Gasteiger partial charge in [0.05, 0.1) is 5.41 Å². The molecule has 0 aromatic heterocycles. The summed E-state index contributed by atoms with van der Waals surface area (Å²) in [4.78, 5) is 11.6. The molecule has 0 bridgehead atoms. The van der Waals surface area contributed by atoms with Gasteiger partial charge in [0.2, 0.25) is 0 Å². The van der Waals surface area contributed by atoms with E-state index in [4.69, 9.17) is 22.1 Å². The maximum absolute atomic E-state index is 11.6. The van der Waals surface area contributed by atoms with Crippen LogP contribution in [0.1, 0.15) is 18.4 Å². The van der Waals surface area contributed by atoms with Crippen molar-refractivity contribution in [2.45, 2.75) is 18.3 Å². The molecule has 2 rings (SSSR count). The van der Waals surface area contributed by atoms with Gasteiger partial charge < -0.3 is 15.6 Å². The number of hydrogen-bond acceptors (Lipinski definition) is 3. The molecule has 1 saturated heterocycles. The van der Waals surface area contributed by atoms with Crippen molar-refractivity contribution in [2.24, 2.45) is 0 Å². The average Bonchev–Trinajstić information content (AvgIpc) is 2.33. The molecule has 0 unspecified atom stereocenters. The minimum atomic E-state index is -0.965. The fourth-order valence-electron chi connectivity index (χ4n) is 2.26. The zero-order valence-electron chi connectivity index (χ0n) is 9.28. The number of aliphatic carboxylic acids is 1. The SMILES string of the molecule is Nc1ccc(Cl)cc1C1(C(=O)O)CCOCC1. The van der Waals surface area contributed by atoms with E-state index >= 15 is 0 Å². The number of ether oxygens (including phenoxy) is 1. The summed E-state index contributed by atoms with van der Waals surface area (Å²) in [6, 6.07) is 4.96. The van der Waals surface area contributed by atoms with Crippen LogP contribution in [0.2, 0.25) is 5.02 Å². The van der Waals surface area contributed by atoms with Crippen LogP contribution in [-0.2, 0) is 14.9 Å². The van der Waals surface area contributed by atoms with Gasteiger partial charge in [-0.1, -0.05) is 11.6 Å². The molecule has 0 amide bonds. The summed E-state index contributed by atoms with van der Waals surface area (Å²) >= 11 is 5.92. The molecule has 92 valence electrons. The van der Waals surface area contributed by atoms with E-state index in [-0.39, 0.29) is 0 Å². The second-order valence-corrected chi connectivity index (χ2v) is 4.67. The monoisotopic (exact) mass is 255 g/mol. The van der Waals surface area contributed by atoms with Gasteiger partial charge in [0.15, 0.2) is 0 Å². The first-order valence-electron chi connectivity index (χ1n) is 5.43. The standard InChI is InChI=1S/C12H14ClNO3/c13-8-1-2-10(14)9(7-8)12(11(15)16)3-5-17-6-4-12/h1-2,7H,3-6,14H2,(H,15,16). The van der Waals surface area contributed by atoms with Crippen molar-refractivity contribution < 1.29 is 14.6 Å². The summed E-state index contributed by atoms with van der Waals surface area (Å²) in [5.41, 5.74) is 5.98. The highest BCUT2D eigenvalue weighted by molar-refractivity contribution is 6.30. The van der Waals surface area contributed by atoms with Crippen molar-refractivity contribution in [3.63, 3.8) is 0 Å². The highest BCUT2D eigenvalue weighted by Gasteiger charge is 2.43. The van der Waals surface area contributed by atoms with Gasteiger partial charge >= 0.3 is 5.97 Å². The van der Waals surface area contributed by atoms with Crippen LogP contribution in [0.3, 0.4) is 0 Å². The van der Waals surface area contributed by atoms with E-state index < -0.39 is 11.4 Å². The Morgan fingerprint density at radius 1 is 1.41 bits per heavy atom. The molecule has 17 heavy (non-hydrogen) atoms. The van der Waals surface area contributed by atoms with Crippen LogP contribution >= 0.6 is 11.6 Å². The molecule has 1 aliphatic rings. The van der Waals surface area contributed by atoms with Crippen LogP contribution in [0.5, 0.6) is 0 Å². The number of anilines is 1. The smallest absolute Gasteiger partial charge is 0.314 e. The van der Waals surface area contributed by atoms with Gasteiger partial charge in [-0.05, 0) is 36.6 Å². The lowest BCUT2D eigenvalue weighted by Crippen LogP contribution is -2.41.